The van der Waals surface area contributed by atoms with E-state index in [9.17, 15) is 14.4 Å². The van der Waals surface area contributed by atoms with Crippen molar-refractivity contribution in [3.63, 3.8) is 0 Å². The molecule has 2 aromatic rings. The lowest BCUT2D eigenvalue weighted by Gasteiger charge is -2.10. The maximum Gasteiger partial charge on any atom is 0.341 e. The molecule has 0 aliphatic heterocycles. The highest BCUT2D eigenvalue weighted by Crippen LogP contribution is 2.17. The van der Waals surface area contributed by atoms with Gasteiger partial charge in [0, 0.05) is 11.8 Å². The van der Waals surface area contributed by atoms with Gasteiger partial charge >= 0.3 is 17.1 Å². The van der Waals surface area contributed by atoms with E-state index < -0.39 is 17.1 Å². The third kappa shape index (κ3) is 1.59. The molecule has 0 spiro atoms. The number of aromatic carboxylic acids is 1. The molecule has 0 saturated heterocycles. The van der Waals surface area contributed by atoms with Gasteiger partial charge in [-0.1, -0.05) is 0 Å². The Kier molecular flexibility index (Phi) is 2.28. The van der Waals surface area contributed by atoms with Gasteiger partial charge in [0.1, 0.15) is 0 Å². The standard InChI is InChI=1S/C9H5ClN2O4/c10-12(11-7(13)8(11)14)6-3-1-5(2-4-6)9(15)16/h1-4H,(H,15,16). The number of benzene rings is 1. The second-order valence-corrected chi connectivity index (χ2v) is 3.35. The summed E-state index contributed by atoms with van der Waals surface area (Å²) in [4.78, 5) is 32.1. The molecule has 6 nitrogen and oxygen atoms in total. The zero-order chi connectivity index (χ0) is 11.9. The van der Waals surface area contributed by atoms with Crippen LogP contribution in [0.5, 0.6) is 0 Å². The van der Waals surface area contributed by atoms with Gasteiger partial charge in [-0.05, 0) is 24.3 Å². The van der Waals surface area contributed by atoms with E-state index in [0.29, 0.717) is 5.69 Å². The summed E-state index contributed by atoms with van der Waals surface area (Å²) in [5.74, 6) is -1.06. The van der Waals surface area contributed by atoms with Crippen molar-refractivity contribution in [3.8, 4) is 0 Å². The monoisotopic (exact) mass is 240 g/mol. The van der Waals surface area contributed by atoms with E-state index in [2.05, 4.69) is 0 Å². The number of carbonyl (C=O) groups is 1. The van der Waals surface area contributed by atoms with Gasteiger partial charge in [-0.2, -0.15) is 9.20 Å². The fourth-order valence-electron chi connectivity index (χ4n) is 1.13. The molecule has 1 heterocycles. The molecule has 7 heteroatoms. The summed E-state index contributed by atoms with van der Waals surface area (Å²) < 4.78 is 1.58. The molecule has 1 aromatic heterocycles. The van der Waals surface area contributed by atoms with E-state index in [-0.39, 0.29) is 5.56 Å². The summed E-state index contributed by atoms with van der Waals surface area (Å²) >= 11 is 5.70. The lowest BCUT2D eigenvalue weighted by Crippen LogP contribution is -2.17. The normalized spacial score (nSPS) is 10.6. The van der Waals surface area contributed by atoms with E-state index >= 15 is 0 Å². The van der Waals surface area contributed by atoms with Crippen LogP contribution >= 0.6 is 11.8 Å². The number of hydrogen-bond acceptors (Lipinski definition) is 4. The first-order chi connectivity index (χ1) is 7.52. The largest absolute Gasteiger partial charge is 0.478 e. The molecule has 0 bridgehead atoms. The first-order valence-corrected chi connectivity index (χ1v) is 4.54. The van der Waals surface area contributed by atoms with Crippen molar-refractivity contribution >= 4 is 23.4 Å². The Bertz CT molecular complexity index is 584. The van der Waals surface area contributed by atoms with E-state index in [1.54, 1.807) is 0 Å². The predicted molar refractivity (Wildman–Crippen MR) is 56.5 cm³/mol. The van der Waals surface area contributed by atoms with E-state index in [1.807, 2.05) is 0 Å². The average Bonchev–Trinajstić information content (AvgIpc) is 2.86. The maximum absolute atomic E-state index is 10.8. The summed E-state index contributed by atoms with van der Waals surface area (Å²) in [7, 11) is 0. The van der Waals surface area contributed by atoms with Crippen LogP contribution in [0.1, 0.15) is 10.4 Å². The number of hydrogen-bond donors (Lipinski definition) is 1. The van der Waals surface area contributed by atoms with Crippen LogP contribution in [-0.2, 0) is 0 Å². The molecule has 1 aromatic carbocycles. The molecule has 0 aliphatic carbocycles. The zero-order valence-corrected chi connectivity index (χ0v) is 8.51. The molecular formula is C9H5ClN2O4. The Hall–Kier alpha value is -2.08. The average molecular weight is 241 g/mol. The lowest BCUT2D eigenvalue weighted by molar-refractivity contribution is 0.0697. The van der Waals surface area contributed by atoms with E-state index in [1.165, 1.54) is 24.3 Å². The van der Waals surface area contributed by atoms with Crippen LogP contribution in [0.25, 0.3) is 0 Å². The van der Waals surface area contributed by atoms with E-state index in [0.717, 1.165) is 9.20 Å². The molecule has 1 N–H and O–H groups in total. The number of carboxylic acids is 1. The summed E-state index contributed by atoms with van der Waals surface area (Å²) in [5, 5.41) is 8.65. The molecule has 0 saturated carbocycles. The Morgan fingerprint density at radius 3 is 2.06 bits per heavy atom. The highest BCUT2D eigenvalue weighted by atomic mass is 35.5. The third-order valence-corrected chi connectivity index (χ3v) is 2.37. The van der Waals surface area contributed by atoms with Crippen LogP contribution in [0.3, 0.4) is 0 Å². The minimum Gasteiger partial charge on any atom is -0.478 e. The first-order valence-electron chi connectivity index (χ1n) is 4.20. The van der Waals surface area contributed by atoms with Crippen LogP contribution in [0.15, 0.2) is 33.9 Å². The molecule has 0 atom stereocenters. The molecule has 0 radical (unpaired) electrons. The van der Waals surface area contributed by atoms with Gasteiger partial charge in [-0.15, -0.1) is 0 Å². The SMILES string of the molecule is O=C(O)c1ccc(N(Cl)n2c(=O)c2=O)cc1. The van der Waals surface area contributed by atoms with Crippen LogP contribution in [0.2, 0.25) is 0 Å². The van der Waals surface area contributed by atoms with Crippen molar-refractivity contribution in [1.82, 2.24) is 4.68 Å². The fraction of sp³-hybridized carbons (Fsp3) is 0. The van der Waals surface area contributed by atoms with Crippen LogP contribution < -0.4 is 15.6 Å². The zero-order valence-electron chi connectivity index (χ0n) is 7.75. The van der Waals surface area contributed by atoms with Crippen LogP contribution in [-0.4, -0.2) is 15.8 Å². The number of aromatic nitrogens is 1. The maximum atomic E-state index is 10.8. The smallest absolute Gasteiger partial charge is 0.341 e. The first kappa shape index (κ1) is 10.4. The molecule has 0 aliphatic rings. The molecule has 82 valence electrons. The molecular weight excluding hydrogens is 236 g/mol. The van der Waals surface area contributed by atoms with Gasteiger partial charge < -0.3 is 5.11 Å². The Labute approximate surface area is 93.7 Å². The van der Waals surface area contributed by atoms with Crippen molar-refractivity contribution in [3.05, 3.63) is 50.5 Å². The highest BCUT2D eigenvalue weighted by molar-refractivity contribution is 6.25. The third-order valence-electron chi connectivity index (χ3n) is 2.02. The summed E-state index contributed by atoms with van der Waals surface area (Å²) in [6, 6.07) is 5.45. The minimum absolute atomic E-state index is 0.0947. The Morgan fingerprint density at radius 2 is 1.69 bits per heavy atom. The van der Waals surface area contributed by atoms with Crippen LogP contribution in [0, 0.1) is 0 Å². The van der Waals surface area contributed by atoms with Crippen molar-refractivity contribution in [2.45, 2.75) is 0 Å². The van der Waals surface area contributed by atoms with Crippen molar-refractivity contribution in [2.75, 3.05) is 4.53 Å². The Balaban J connectivity index is 2.29. The molecule has 2 rings (SSSR count). The summed E-state index contributed by atoms with van der Waals surface area (Å²) in [5.41, 5.74) is -0.960. The van der Waals surface area contributed by atoms with Crippen molar-refractivity contribution < 1.29 is 9.90 Å². The Morgan fingerprint density at radius 1 is 1.19 bits per heavy atom. The molecule has 0 fully saturated rings. The molecule has 0 unspecified atom stereocenters. The topological polar surface area (TPSA) is 79.6 Å². The lowest BCUT2D eigenvalue weighted by atomic mass is 10.2. The van der Waals surface area contributed by atoms with Gasteiger partial charge in [-0.25, -0.2) is 4.79 Å². The number of rotatable bonds is 3. The quantitative estimate of drug-likeness (QED) is 0.613. The number of anilines is 1. The fourth-order valence-corrected chi connectivity index (χ4v) is 1.38. The molecule has 16 heavy (non-hydrogen) atoms. The second kappa shape index (κ2) is 3.49. The van der Waals surface area contributed by atoms with Gasteiger partial charge in [0.25, 0.3) is 0 Å². The molecule has 0 amide bonds. The second-order valence-electron chi connectivity index (χ2n) is 3.03. The number of carboxylic acid groups (broad SMARTS) is 1. The number of halogens is 1. The minimum atomic E-state index is -1.06. The number of nitrogens with zero attached hydrogens (tertiary/aromatic N) is 2. The van der Waals surface area contributed by atoms with Crippen LogP contribution in [0.4, 0.5) is 5.69 Å². The highest BCUT2D eigenvalue weighted by Gasteiger charge is 2.23. The summed E-state index contributed by atoms with van der Waals surface area (Å²) in [6.45, 7) is 0. The van der Waals surface area contributed by atoms with Gasteiger partial charge in [-0.3, -0.25) is 9.59 Å². The van der Waals surface area contributed by atoms with Gasteiger partial charge in [0.05, 0.1) is 11.3 Å². The van der Waals surface area contributed by atoms with Crippen molar-refractivity contribution in [1.29, 1.82) is 0 Å². The van der Waals surface area contributed by atoms with Crippen molar-refractivity contribution in [2.24, 2.45) is 0 Å². The van der Waals surface area contributed by atoms with Gasteiger partial charge in [0.15, 0.2) is 0 Å². The predicted octanol–water partition coefficient (Wildman–Crippen LogP) is 0.206. The van der Waals surface area contributed by atoms with E-state index in [4.69, 9.17) is 16.9 Å². The summed E-state index contributed by atoms with van der Waals surface area (Å²) in [6.07, 6.45) is 0. The van der Waals surface area contributed by atoms with Gasteiger partial charge in [0.2, 0.25) is 0 Å².